The molecule has 1 aromatic heterocycles. The molecule has 0 aliphatic rings. The summed E-state index contributed by atoms with van der Waals surface area (Å²) >= 11 is 0.874. The van der Waals surface area contributed by atoms with E-state index in [2.05, 4.69) is 0 Å². The van der Waals surface area contributed by atoms with Crippen molar-refractivity contribution in [2.45, 2.75) is 4.21 Å². The molecule has 1 heterocycles. The van der Waals surface area contributed by atoms with E-state index in [9.17, 15) is 13.2 Å². The van der Waals surface area contributed by atoms with E-state index in [1.165, 1.54) is 11.4 Å². The van der Waals surface area contributed by atoms with Crippen LogP contribution < -0.4 is 5.14 Å². The molecular weight excluding hydrogens is 294 g/mol. The molecule has 0 atom stereocenters. The number of methoxy groups -OCH3 is 1. The zero-order chi connectivity index (χ0) is 14.3. The van der Waals surface area contributed by atoms with Crippen LogP contribution in [-0.2, 0) is 24.2 Å². The van der Waals surface area contributed by atoms with Crippen LogP contribution in [0.1, 0.15) is 10.4 Å². The normalized spacial score (nSPS) is 11.5. The summed E-state index contributed by atoms with van der Waals surface area (Å²) in [4.78, 5) is 11.5. The molecule has 0 spiro atoms. The van der Waals surface area contributed by atoms with Crippen molar-refractivity contribution in [1.82, 2.24) is 0 Å². The molecule has 7 nitrogen and oxygen atoms in total. The molecule has 0 saturated heterocycles. The first kappa shape index (κ1) is 16.1. The number of thiophene rings is 1. The summed E-state index contributed by atoms with van der Waals surface area (Å²) in [5.41, 5.74) is 0.158. The molecule has 108 valence electrons. The standard InChI is InChI=1S/C10H15NO6S2/c1-15-2-3-16-4-5-17-10(12)8-6-9(18-7-8)19(11,13)14/h6-7H,2-5H2,1H3,(H2,11,13,14). The highest BCUT2D eigenvalue weighted by atomic mass is 32.2. The molecule has 0 bridgehead atoms. The SMILES string of the molecule is COCCOCCOC(=O)c1csc(S(N)(=O)=O)c1. The van der Waals surface area contributed by atoms with E-state index in [-0.39, 0.29) is 23.0 Å². The van der Waals surface area contributed by atoms with Crippen LogP contribution >= 0.6 is 11.3 Å². The second kappa shape index (κ2) is 7.56. The van der Waals surface area contributed by atoms with E-state index in [0.717, 1.165) is 11.3 Å². The van der Waals surface area contributed by atoms with Crippen molar-refractivity contribution in [3.8, 4) is 0 Å². The van der Waals surface area contributed by atoms with Crippen molar-refractivity contribution in [3.63, 3.8) is 0 Å². The summed E-state index contributed by atoms with van der Waals surface area (Å²) in [6.07, 6.45) is 0. The van der Waals surface area contributed by atoms with Crippen molar-refractivity contribution in [1.29, 1.82) is 0 Å². The van der Waals surface area contributed by atoms with Crippen molar-refractivity contribution < 1.29 is 27.4 Å². The Kier molecular flexibility index (Phi) is 6.38. The number of sulfonamides is 1. The minimum absolute atomic E-state index is 0.0733. The summed E-state index contributed by atoms with van der Waals surface area (Å²) in [6.45, 7) is 1.22. The molecule has 1 rings (SSSR count). The second-order valence-electron chi connectivity index (χ2n) is 3.44. The number of primary sulfonamides is 1. The summed E-state index contributed by atoms with van der Waals surface area (Å²) in [7, 11) is -2.22. The molecule has 1 aromatic rings. The molecule has 0 aromatic carbocycles. The summed E-state index contributed by atoms with van der Waals surface area (Å²) in [6, 6.07) is 1.19. The van der Waals surface area contributed by atoms with Gasteiger partial charge in [-0.15, -0.1) is 11.3 Å². The predicted octanol–water partition coefficient (Wildman–Crippen LogP) is 0.215. The van der Waals surface area contributed by atoms with Gasteiger partial charge >= 0.3 is 5.97 Å². The number of hydrogen-bond acceptors (Lipinski definition) is 7. The van der Waals surface area contributed by atoms with E-state index in [0.29, 0.717) is 13.2 Å². The Hall–Kier alpha value is -1.00. The molecule has 9 heteroatoms. The third kappa shape index (κ3) is 5.66. The van der Waals surface area contributed by atoms with E-state index in [1.54, 1.807) is 7.11 Å². The lowest BCUT2D eigenvalue weighted by atomic mass is 10.3. The van der Waals surface area contributed by atoms with Crippen molar-refractivity contribution in [2.75, 3.05) is 33.5 Å². The van der Waals surface area contributed by atoms with Crippen LogP contribution in [0, 0.1) is 0 Å². The summed E-state index contributed by atoms with van der Waals surface area (Å²) < 4.78 is 36.8. The third-order valence-corrected chi connectivity index (χ3v) is 4.37. The van der Waals surface area contributed by atoms with Gasteiger partial charge in [-0.1, -0.05) is 0 Å². The largest absolute Gasteiger partial charge is 0.460 e. The zero-order valence-corrected chi connectivity index (χ0v) is 12.0. The lowest BCUT2D eigenvalue weighted by molar-refractivity contribution is 0.0214. The molecule has 0 radical (unpaired) electrons. The minimum atomic E-state index is -3.78. The van der Waals surface area contributed by atoms with E-state index in [1.807, 2.05) is 0 Å². The van der Waals surface area contributed by atoms with Gasteiger partial charge < -0.3 is 14.2 Å². The molecular formula is C10H15NO6S2. The van der Waals surface area contributed by atoms with Gasteiger partial charge in [0, 0.05) is 12.5 Å². The first-order chi connectivity index (χ1) is 8.95. The Balaban J connectivity index is 2.36. The summed E-state index contributed by atoms with van der Waals surface area (Å²) in [5, 5.41) is 6.32. The fraction of sp³-hybridized carbons (Fsp3) is 0.500. The number of ether oxygens (including phenoxy) is 3. The Labute approximate surface area is 115 Å². The lowest BCUT2D eigenvalue weighted by Gasteiger charge is -2.04. The highest BCUT2D eigenvalue weighted by molar-refractivity contribution is 7.91. The smallest absolute Gasteiger partial charge is 0.339 e. The average molecular weight is 309 g/mol. The number of nitrogens with two attached hydrogens (primary N) is 1. The van der Waals surface area contributed by atoms with Crippen LogP contribution in [0.5, 0.6) is 0 Å². The third-order valence-electron chi connectivity index (χ3n) is 1.98. The average Bonchev–Trinajstić information content (AvgIpc) is 2.82. The number of esters is 1. The van der Waals surface area contributed by atoms with E-state index >= 15 is 0 Å². The van der Waals surface area contributed by atoms with Crippen LogP contribution in [0.15, 0.2) is 15.7 Å². The molecule has 19 heavy (non-hydrogen) atoms. The van der Waals surface area contributed by atoms with Crippen molar-refractivity contribution >= 4 is 27.3 Å². The Morgan fingerprint density at radius 2 is 2.00 bits per heavy atom. The Morgan fingerprint density at radius 3 is 2.58 bits per heavy atom. The highest BCUT2D eigenvalue weighted by Gasteiger charge is 2.15. The minimum Gasteiger partial charge on any atom is -0.460 e. The van der Waals surface area contributed by atoms with Crippen LogP contribution in [-0.4, -0.2) is 47.9 Å². The molecule has 0 fully saturated rings. The summed E-state index contributed by atoms with van der Waals surface area (Å²) in [5.74, 6) is -0.610. The quantitative estimate of drug-likeness (QED) is 0.544. The van der Waals surface area contributed by atoms with Gasteiger partial charge in [-0.25, -0.2) is 18.4 Å². The first-order valence-electron chi connectivity index (χ1n) is 5.30. The maximum atomic E-state index is 11.5. The Morgan fingerprint density at radius 1 is 1.32 bits per heavy atom. The van der Waals surface area contributed by atoms with Crippen LogP contribution in [0.4, 0.5) is 0 Å². The molecule has 0 amide bonds. The molecule has 0 aliphatic heterocycles. The fourth-order valence-electron chi connectivity index (χ4n) is 1.09. The molecule has 2 N–H and O–H groups in total. The fourth-order valence-corrected chi connectivity index (χ4v) is 2.67. The van der Waals surface area contributed by atoms with Gasteiger partial charge in [0.15, 0.2) is 0 Å². The number of carbonyl (C=O) groups is 1. The van der Waals surface area contributed by atoms with Gasteiger partial charge in [-0.3, -0.25) is 0 Å². The molecule has 0 unspecified atom stereocenters. The molecule has 0 aliphatic carbocycles. The van der Waals surface area contributed by atoms with Gasteiger partial charge in [-0.05, 0) is 6.07 Å². The topological polar surface area (TPSA) is 105 Å². The molecule has 0 saturated carbocycles. The van der Waals surface area contributed by atoms with Crippen LogP contribution in [0.2, 0.25) is 0 Å². The number of carbonyl (C=O) groups excluding carboxylic acids is 1. The lowest BCUT2D eigenvalue weighted by Crippen LogP contribution is -2.13. The van der Waals surface area contributed by atoms with Gasteiger partial charge in [0.1, 0.15) is 10.8 Å². The number of rotatable bonds is 8. The Bertz CT molecular complexity index is 510. The van der Waals surface area contributed by atoms with Crippen molar-refractivity contribution in [3.05, 3.63) is 17.0 Å². The predicted molar refractivity (Wildman–Crippen MR) is 68.7 cm³/mol. The maximum Gasteiger partial charge on any atom is 0.339 e. The maximum absolute atomic E-state index is 11.5. The van der Waals surface area contributed by atoms with Gasteiger partial charge in [0.2, 0.25) is 10.0 Å². The van der Waals surface area contributed by atoms with Crippen LogP contribution in [0.3, 0.4) is 0 Å². The monoisotopic (exact) mass is 309 g/mol. The van der Waals surface area contributed by atoms with Crippen LogP contribution in [0.25, 0.3) is 0 Å². The van der Waals surface area contributed by atoms with Gasteiger partial charge in [0.05, 0.1) is 25.4 Å². The van der Waals surface area contributed by atoms with Crippen molar-refractivity contribution in [2.24, 2.45) is 5.14 Å². The van der Waals surface area contributed by atoms with E-state index in [4.69, 9.17) is 19.3 Å². The first-order valence-corrected chi connectivity index (χ1v) is 7.73. The second-order valence-corrected chi connectivity index (χ2v) is 6.14. The number of hydrogen-bond donors (Lipinski definition) is 1. The highest BCUT2D eigenvalue weighted by Crippen LogP contribution is 2.19. The van der Waals surface area contributed by atoms with Gasteiger partial charge in [0.25, 0.3) is 0 Å². The van der Waals surface area contributed by atoms with E-state index < -0.39 is 16.0 Å². The zero-order valence-electron chi connectivity index (χ0n) is 10.3. The van der Waals surface area contributed by atoms with Gasteiger partial charge in [-0.2, -0.15) is 0 Å².